The van der Waals surface area contributed by atoms with Gasteiger partial charge in [0.2, 0.25) is 0 Å². The third kappa shape index (κ3) is 3.63. The van der Waals surface area contributed by atoms with Crippen LogP contribution in [-0.2, 0) is 13.1 Å². The van der Waals surface area contributed by atoms with Crippen molar-refractivity contribution >= 4 is 11.6 Å². The van der Waals surface area contributed by atoms with E-state index >= 15 is 0 Å². The zero-order valence-electron chi connectivity index (χ0n) is 12.9. The second-order valence-corrected chi connectivity index (χ2v) is 5.93. The van der Waals surface area contributed by atoms with Crippen LogP contribution in [0.5, 0.6) is 0 Å². The molecule has 2 rings (SSSR count). The van der Waals surface area contributed by atoms with Gasteiger partial charge >= 0.3 is 0 Å². The van der Waals surface area contributed by atoms with E-state index in [1.54, 1.807) is 6.07 Å². The van der Waals surface area contributed by atoms with Gasteiger partial charge in [-0.1, -0.05) is 37.6 Å². The van der Waals surface area contributed by atoms with Crippen LogP contribution in [-0.4, -0.2) is 15.8 Å². The summed E-state index contributed by atoms with van der Waals surface area (Å²) in [5.41, 5.74) is 4.01. The molecule has 0 fully saturated rings. The molecule has 2 aromatic rings. The molecule has 114 valence electrons. The lowest BCUT2D eigenvalue weighted by Crippen LogP contribution is -2.22. The smallest absolute Gasteiger partial charge is 0.142 e. The monoisotopic (exact) mass is 309 g/mol. The van der Waals surface area contributed by atoms with Crippen LogP contribution < -0.4 is 5.32 Å². The van der Waals surface area contributed by atoms with Crippen molar-refractivity contribution in [2.75, 3.05) is 0 Å². The van der Waals surface area contributed by atoms with E-state index in [9.17, 15) is 4.39 Å². The highest BCUT2D eigenvalue weighted by molar-refractivity contribution is 6.31. The van der Waals surface area contributed by atoms with Crippen LogP contribution >= 0.6 is 11.6 Å². The summed E-state index contributed by atoms with van der Waals surface area (Å²) >= 11 is 6.02. The minimum Gasteiger partial charge on any atom is -0.310 e. The summed E-state index contributed by atoms with van der Waals surface area (Å²) in [6.45, 7) is 9.51. The number of nitrogens with zero attached hydrogens (tertiary/aromatic N) is 2. The number of hydrogen-bond acceptors (Lipinski definition) is 2. The van der Waals surface area contributed by atoms with Gasteiger partial charge < -0.3 is 5.32 Å². The third-order valence-electron chi connectivity index (χ3n) is 3.57. The van der Waals surface area contributed by atoms with E-state index in [0.29, 0.717) is 12.6 Å². The van der Waals surface area contributed by atoms with Crippen molar-refractivity contribution < 1.29 is 4.39 Å². The van der Waals surface area contributed by atoms with Gasteiger partial charge in [0.05, 0.1) is 17.3 Å². The van der Waals surface area contributed by atoms with Crippen LogP contribution in [0.15, 0.2) is 18.2 Å². The van der Waals surface area contributed by atoms with Gasteiger partial charge in [0, 0.05) is 23.8 Å². The molecule has 0 radical (unpaired) electrons. The van der Waals surface area contributed by atoms with Crippen molar-refractivity contribution in [1.29, 1.82) is 0 Å². The van der Waals surface area contributed by atoms with Crippen LogP contribution in [0.2, 0.25) is 5.02 Å². The Hall–Kier alpha value is -1.39. The maximum atomic E-state index is 13.5. The Morgan fingerprint density at radius 3 is 2.71 bits per heavy atom. The van der Waals surface area contributed by atoms with Gasteiger partial charge in [-0.15, -0.1) is 0 Å². The van der Waals surface area contributed by atoms with Gasteiger partial charge in [0.15, 0.2) is 0 Å². The van der Waals surface area contributed by atoms with Crippen molar-refractivity contribution in [2.24, 2.45) is 0 Å². The van der Waals surface area contributed by atoms with E-state index in [1.807, 2.05) is 24.6 Å². The topological polar surface area (TPSA) is 29.9 Å². The molecule has 0 unspecified atom stereocenters. The predicted molar refractivity (Wildman–Crippen MR) is 84.2 cm³/mol. The first kappa shape index (κ1) is 16.0. The van der Waals surface area contributed by atoms with Crippen LogP contribution in [0, 0.1) is 19.7 Å². The SMILES string of the molecule is Cc1nn(Cc2cccc(F)c2Cl)c(C)c1CNC(C)C. The van der Waals surface area contributed by atoms with Crippen molar-refractivity contribution in [2.45, 2.75) is 46.8 Å². The molecule has 1 N–H and O–H groups in total. The van der Waals surface area contributed by atoms with Crippen LogP contribution in [0.3, 0.4) is 0 Å². The largest absolute Gasteiger partial charge is 0.310 e. The summed E-state index contributed by atoms with van der Waals surface area (Å²) in [4.78, 5) is 0. The normalized spacial score (nSPS) is 11.4. The number of halogens is 2. The van der Waals surface area contributed by atoms with Crippen molar-refractivity contribution in [1.82, 2.24) is 15.1 Å². The molecule has 0 spiro atoms. The first-order valence-corrected chi connectivity index (χ1v) is 7.47. The summed E-state index contributed by atoms with van der Waals surface area (Å²) in [5, 5.41) is 8.12. The Balaban J connectivity index is 2.25. The van der Waals surface area contributed by atoms with Crippen molar-refractivity contribution in [3.63, 3.8) is 0 Å². The number of hydrogen-bond donors (Lipinski definition) is 1. The van der Waals surface area contributed by atoms with E-state index < -0.39 is 5.82 Å². The highest BCUT2D eigenvalue weighted by Gasteiger charge is 2.14. The van der Waals surface area contributed by atoms with Gasteiger partial charge in [0.1, 0.15) is 5.82 Å². The lowest BCUT2D eigenvalue weighted by molar-refractivity contribution is 0.584. The predicted octanol–water partition coefficient (Wildman–Crippen LogP) is 3.84. The molecule has 1 aromatic carbocycles. The lowest BCUT2D eigenvalue weighted by atomic mass is 10.2. The van der Waals surface area contributed by atoms with Gasteiger partial charge in [-0.2, -0.15) is 5.10 Å². The summed E-state index contributed by atoms with van der Waals surface area (Å²) in [5.74, 6) is -0.391. The molecule has 1 aromatic heterocycles. The van der Waals surface area contributed by atoms with E-state index in [4.69, 9.17) is 11.6 Å². The van der Waals surface area contributed by atoms with Gasteiger partial charge in [-0.05, 0) is 25.5 Å². The Morgan fingerprint density at radius 1 is 1.33 bits per heavy atom. The molecule has 21 heavy (non-hydrogen) atoms. The molecule has 5 heteroatoms. The molecule has 0 saturated heterocycles. The minimum absolute atomic E-state index is 0.173. The van der Waals surface area contributed by atoms with E-state index in [2.05, 4.69) is 24.3 Å². The zero-order chi connectivity index (χ0) is 15.6. The average Bonchev–Trinajstić information content (AvgIpc) is 2.68. The van der Waals surface area contributed by atoms with Crippen LogP contribution in [0.4, 0.5) is 4.39 Å². The molecule has 1 heterocycles. The first-order valence-electron chi connectivity index (χ1n) is 7.09. The molecule has 0 aliphatic rings. The average molecular weight is 310 g/mol. The van der Waals surface area contributed by atoms with Crippen molar-refractivity contribution in [3.05, 3.63) is 51.6 Å². The fourth-order valence-corrected chi connectivity index (χ4v) is 2.47. The summed E-state index contributed by atoms with van der Waals surface area (Å²) in [6.07, 6.45) is 0. The van der Waals surface area contributed by atoms with Crippen LogP contribution in [0.25, 0.3) is 0 Å². The molecular weight excluding hydrogens is 289 g/mol. The molecule has 0 amide bonds. The molecular formula is C16H21ClFN3. The maximum Gasteiger partial charge on any atom is 0.142 e. The Kier molecular flexibility index (Phi) is 5.01. The van der Waals surface area contributed by atoms with Gasteiger partial charge in [-0.3, -0.25) is 4.68 Å². The maximum absolute atomic E-state index is 13.5. The second-order valence-electron chi connectivity index (χ2n) is 5.56. The first-order chi connectivity index (χ1) is 9.90. The molecule has 0 saturated carbocycles. The number of rotatable bonds is 5. The number of aromatic nitrogens is 2. The van der Waals surface area contributed by atoms with E-state index in [-0.39, 0.29) is 5.02 Å². The molecule has 0 bridgehead atoms. The Labute approximate surface area is 130 Å². The lowest BCUT2D eigenvalue weighted by Gasteiger charge is -2.10. The summed E-state index contributed by atoms with van der Waals surface area (Å²) in [7, 11) is 0. The molecule has 0 atom stereocenters. The summed E-state index contributed by atoms with van der Waals surface area (Å²) < 4.78 is 15.4. The molecule has 0 aliphatic heterocycles. The third-order valence-corrected chi connectivity index (χ3v) is 3.99. The quantitative estimate of drug-likeness (QED) is 0.909. The number of aryl methyl sites for hydroxylation is 1. The number of nitrogens with one attached hydrogen (secondary N) is 1. The van der Waals surface area contributed by atoms with Gasteiger partial charge in [-0.25, -0.2) is 4.39 Å². The van der Waals surface area contributed by atoms with E-state index in [1.165, 1.54) is 11.6 Å². The zero-order valence-corrected chi connectivity index (χ0v) is 13.6. The van der Waals surface area contributed by atoms with Gasteiger partial charge in [0.25, 0.3) is 0 Å². The minimum atomic E-state index is -0.391. The summed E-state index contributed by atoms with van der Waals surface area (Å²) in [6, 6.07) is 5.28. The van der Waals surface area contributed by atoms with E-state index in [0.717, 1.165) is 23.5 Å². The Bertz CT molecular complexity index is 635. The van der Waals surface area contributed by atoms with Crippen LogP contribution in [0.1, 0.15) is 36.4 Å². The standard InChI is InChI=1S/C16H21ClFN3/c1-10(2)19-8-14-11(3)20-21(12(14)4)9-13-6-5-7-15(18)16(13)17/h5-7,10,19H,8-9H2,1-4H3. The molecule has 0 aliphatic carbocycles. The fraction of sp³-hybridized carbons (Fsp3) is 0.438. The Morgan fingerprint density at radius 2 is 2.05 bits per heavy atom. The fourth-order valence-electron chi connectivity index (χ4n) is 2.28. The number of benzene rings is 1. The van der Waals surface area contributed by atoms with Crippen molar-refractivity contribution in [3.8, 4) is 0 Å². The molecule has 3 nitrogen and oxygen atoms in total. The highest BCUT2D eigenvalue weighted by atomic mass is 35.5. The second kappa shape index (κ2) is 6.58. The highest BCUT2D eigenvalue weighted by Crippen LogP contribution is 2.22.